The van der Waals surface area contributed by atoms with Crippen LogP contribution in [0.25, 0.3) is 0 Å². The second-order valence-electron chi connectivity index (χ2n) is 6.63. The van der Waals surface area contributed by atoms with Gasteiger partial charge >= 0.3 is 5.97 Å². The Balaban J connectivity index is 1.66. The molecule has 0 spiro atoms. The topological polar surface area (TPSA) is 83.4 Å². The summed E-state index contributed by atoms with van der Waals surface area (Å²) in [5, 5.41) is 11.1. The van der Waals surface area contributed by atoms with E-state index in [9.17, 15) is 9.59 Å². The SMILES string of the molecule is COC(=O)/C=C1/S/C(=N\N=Cc2ccccc2CN2CCCCCC2)NC1=O. The maximum Gasteiger partial charge on any atom is 0.331 e. The molecule has 2 aliphatic heterocycles. The Morgan fingerprint density at radius 3 is 2.75 bits per heavy atom. The average Bonchev–Trinajstić information content (AvgIpc) is 2.88. The lowest BCUT2D eigenvalue weighted by molar-refractivity contribution is -0.135. The number of amides is 1. The number of esters is 1. The summed E-state index contributed by atoms with van der Waals surface area (Å²) in [5.74, 6) is -0.962. The van der Waals surface area contributed by atoms with E-state index in [-0.39, 0.29) is 10.8 Å². The predicted molar refractivity (Wildman–Crippen MR) is 111 cm³/mol. The summed E-state index contributed by atoms with van der Waals surface area (Å²) >= 11 is 1.06. The van der Waals surface area contributed by atoms with E-state index in [1.807, 2.05) is 18.2 Å². The summed E-state index contributed by atoms with van der Waals surface area (Å²) in [6, 6.07) is 8.14. The van der Waals surface area contributed by atoms with Gasteiger partial charge in [0.25, 0.3) is 5.91 Å². The minimum atomic E-state index is -0.579. The molecule has 0 radical (unpaired) electrons. The molecular weight excluding hydrogens is 376 g/mol. The number of methoxy groups -OCH3 is 1. The van der Waals surface area contributed by atoms with E-state index in [0.717, 1.165) is 43.0 Å². The lowest BCUT2D eigenvalue weighted by atomic mass is 10.1. The van der Waals surface area contributed by atoms with Crippen molar-refractivity contribution in [2.75, 3.05) is 20.2 Å². The zero-order chi connectivity index (χ0) is 19.8. The van der Waals surface area contributed by atoms with E-state index in [1.54, 1.807) is 6.21 Å². The number of amidine groups is 1. The highest BCUT2D eigenvalue weighted by Crippen LogP contribution is 2.23. The predicted octanol–water partition coefficient (Wildman–Crippen LogP) is 2.67. The molecule has 148 valence electrons. The molecule has 1 amide bonds. The number of thioether (sulfide) groups is 1. The third-order valence-corrected chi connectivity index (χ3v) is 5.49. The molecule has 8 heteroatoms. The number of carbonyl (C=O) groups excluding carboxylic acids is 2. The molecule has 2 fully saturated rings. The highest BCUT2D eigenvalue weighted by Gasteiger charge is 2.25. The summed E-state index contributed by atoms with van der Waals surface area (Å²) in [6.07, 6.45) is 7.97. The Morgan fingerprint density at radius 2 is 2.00 bits per heavy atom. The van der Waals surface area contributed by atoms with Crippen LogP contribution in [0.3, 0.4) is 0 Å². The van der Waals surface area contributed by atoms with Crippen molar-refractivity contribution in [3.63, 3.8) is 0 Å². The van der Waals surface area contributed by atoms with E-state index >= 15 is 0 Å². The Morgan fingerprint density at radius 1 is 1.25 bits per heavy atom. The monoisotopic (exact) mass is 400 g/mol. The van der Waals surface area contributed by atoms with Crippen molar-refractivity contribution in [1.29, 1.82) is 0 Å². The van der Waals surface area contributed by atoms with Gasteiger partial charge in [0.15, 0.2) is 5.17 Å². The standard InChI is InChI=1S/C20H24N4O3S/c1-27-18(25)12-17-19(26)22-20(28-17)23-21-13-15-8-4-5-9-16(15)14-24-10-6-2-3-7-11-24/h4-5,8-9,12-13H,2-3,6-7,10-11,14H2,1H3,(H,22,23,26)/b17-12+,21-13?. The summed E-state index contributed by atoms with van der Waals surface area (Å²) in [7, 11) is 1.26. The van der Waals surface area contributed by atoms with Crippen molar-refractivity contribution >= 4 is 35.0 Å². The van der Waals surface area contributed by atoms with Crippen LogP contribution >= 0.6 is 11.8 Å². The van der Waals surface area contributed by atoms with Crippen LogP contribution in [0.1, 0.15) is 36.8 Å². The summed E-state index contributed by atoms with van der Waals surface area (Å²) in [5.41, 5.74) is 2.22. The van der Waals surface area contributed by atoms with Gasteiger partial charge in [0, 0.05) is 12.6 Å². The molecule has 0 saturated carbocycles. The van der Waals surface area contributed by atoms with Gasteiger partial charge in [-0.3, -0.25) is 15.0 Å². The molecule has 2 aliphatic rings. The van der Waals surface area contributed by atoms with Gasteiger partial charge in [-0.05, 0) is 48.8 Å². The minimum Gasteiger partial charge on any atom is -0.466 e. The lowest BCUT2D eigenvalue weighted by Crippen LogP contribution is -2.24. The highest BCUT2D eigenvalue weighted by atomic mass is 32.2. The van der Waals surface area contributed by atoms with Crippen molar-refractivity contribution < 1.29 is 14.3 Å². The summed E-state index contributed by atoms with van der Waals surface area (Å²) in [4.78, 5) is 25.8. The number of benzene rings is 1. The maximum absolute atomic E-state index is 11.8. The van der Waals surface area contributed by atoms with Crippen LogP contribution < -0.4 is 5.32 Å². The minimum absolute atomic E-state index is 0.238. The summed E-state index contributed by atoms with van der Waals surface area (Å²) in [6.45, 7) is 3.16. The number of hydrogen-bond donors (Lipinski definition) is 1. The number of hydrogen-bond acceptors (Lipinski definition) is 7. The van der Waals surface area contributed by atoms with Gasteiger partial charge in [0.05, 0.1) is 18.2 Å². The zero-order valence-corrected chi connectivity index (χ0v) is 16.7. The van der Waals surface area contributed by atoms with Crippen LogP contribution in [0.4, 0.5) is 0 Å². The quantitative estimate of drug-likeness (QED) is 0.356. The van der Waals surface area contributed by atoms with Gasteiger partial charge in [0.1, 0.15) is 0 Å². The first-order valence-corrected chi connectivity index (χ1v) is 10.2. The Kier molecular flexibility index (Phi) is 7.39. The molecular formula is C20H24N4O3S. The van der Waals surface area contributed by atoms with Gasteiger partial charge in [-0.25, -0.2) is 4.79 Å². The second kappa shape index (κ2) is 10.2. The van der Waals surface area contributed by atoms with Crippen molar-refractivity contribution in [3.05, 3.63) is 46.4 Å². The number of ether oxygens (including phenoxy) is 1. The number of nitrogens with one attached hydrogen (secondary N) is 1. The van der Waals surface area contributed by atoms with E-state index < -0.39 is 5.97 Å². The second-order valence-corrected chi connectivity index (χ2v) is 7.66. The van der Waals surface area contributed by atoms with Crippen LogP contribution in [-0.2, 0) is 20.9 Å². The van der Waals surface area contributed by atoms with Gasteiger partial charge in [-0.1, -0.05) is 37.1 Å². The first kappa shape index (κ1) is 20.3. The average molecular weight is 401 g/mol. The normalized spacial score (nSPS) is 21.2. The molecule has 2 saturated heterocycles. The molecule has 0 aliphatic carbocycles. The van der Waals surface area contributed by atoms with E-state index in [2.05, 4.69) is 31.2 Å². The molecule has 0 atom stereocenters. The third-order valence-electron chi connectivity index (χ3n) is 4.59. The van der Waals surface area contributed by atoms with Crippen molar-refractivity contribution in [3.8, 4) is 0 Å². The maximum atomic E-state index is 11.8. The lowest BCUT2D eigenvalue weighted by Gasteiger charge is -2.20. The van der Waals surface area contributed by atoms with E-state index in [1.165, 1.54) is 38.4 Å². The highest BCUT2D eigenvalue weighted by molar-refractivity contribution is 8.18. The zero-order valence-electron chi connectivity index (χ0n) is 15.9. The number of rotatable bonds is 5. The Labute approximate surface area is 168 Å². The summed E-state index contributed by atoms with van der Waals surface area (Å²) < 4.78 is 4.54. The molecule has 3 rings (SSSR count). The van der Waals surface area contributed by atoms with Gasteiger partial charge in [-0.15, -0.1) is 5.10 Å². The fourth-order valence-corrected chi connectivity index (χ4v) is 3.86. The van der Waals surface area contributed by atoms with Crippen molar-refractivity contribution in [1.82, 2.24) is 10.2 Å². The molecule has 28 heavy (non-hydrogen) atoms. The molecule has 0 bridgehead atoms. The van der Waals surface area contributed by atoms with Crippen molar-refractivity contribution in [2.45, 2.75) is 32.2 Å². The van der Waals surface area contributed by atoms with Crippen molar-refractivity contribution in [2.24, 2.45) is 10.2 Å². The fraction of sp³-hybridized carbons (Fsp3) is 0.400. The number of carbonyl (C=O) groups is 2. The molecule has 2 heterocycles. The van der Waals surface area contributed by atoms with Crippen LogP contribution in [0.15, 0.2) is 45.4 Å². The fourth-order valence-electron chi connectivity index (χ4n) is 3.12. The third kappa shape index (κ3) is 5.77. The van der Waals surface area contributed by atoms with Crippen LogP contribution in [0, 0.1) is 0 Å². The molecule has 1 aromatic rings. The number of nitrogens with zero attached hydrogens (tertiary/aromatic N) is 3. The van der Waals surface area contributed by atoms with E-state index in [0.29, 0.717) is 5.17 Å². The Hall–Kier alpha value is -2.45. The van der Waals surface area contributed by atoms with Crippen LogP contribution in [0.2, 0.25) is 0 Å². The molecule has 0 aromatic heterocycles. The van der Waals surface area contributed by atoms with Gasteiger partial charge in [0.2, 0.25) is 0 Å². The van der Waals surface area contributed by atoms with Crippen LogP contribution in [0.5, 0.6) is 0 Å². The van der Waals surface area contributed by atoms with Gasteiger partial charge in [-0.2, -0.15) is 5.10 Å². The smallest absolute Gasteiger partial charge is 0.331 e. The Bertz CT molecular complexity index is 811. The largest absolute Gasteiger partial charge is 0.466 e. The molecule has 0 unspecified atom stereocenters. The van der Waals surface area contributed by atoms with E-state index in [4.69, 9.17) is 0 Å². The molecule has 7 nitrogen and oxygen atoms in total. The first-order chi connectivity index (χ1) is 13.7. The first-order valence-electron chi connectivity index (χ1n) is 9.36. The molecule has 1 N–H and O–H groups in total. The molecule has 1 aromatic carbocycles. The number of likely N-dealkylation sites (tertiary alicyclic amines) is 1. The van der Waals surface area contributed by atoms with Gasteiger partial charge < -0.3 is 4.74 Å². The van der Waals surface area contributed by atoms with Crippen LogP contribution in [-0.4, -0.2) is 48.4 Å².